The molecule has 3 rings (SSSR count). The molecule has 0 unspecified atom stereocenters. The van der Waals surface area contributed by atoms with Crippen LogP contribution in [0.1, 0.15) is 65.2 Å². The zero-order valence-corrected chi connectivity index (χ0v) is 15.7. The van der Waals surface area contributed by atoms with E-state index in [-0.39, 0.29) is 0 Å². The first-order valence-corrected chi connectivity index (χ1v) is 10.1. The van der Waals surface area contributed by atoms with Crippen LogP contribution in [0.15, 0.2) is 0 Å². The third kappa shape index (κ3) is 4.49. The van der Waals surface area contributed by atoms with E-state index in [2.05, 4.69) is 23.6 Å². The Morgan fingerprint density at radius 3 is 2.04 bits per heavy atom. The summed E-state index contributed by atoms with van der Waals surface area (Å²) in [4.78, 5) is 5.43. The van der Waals surface area contributed by atoms with Crippen LogP contribution >= 0.6 is 0 Å². The highest BCUT2D eigenvalue weighted by Gasteiger charge is 2.38. The maximum atomic E-state index is 5.56. The fraction of sp³-hybridized carbons (Fsp3) is 1.00. The quantitative estimate of drug-likeness (QED) is 0.783. The van der Waals surface area contributed by atoms with Crippen molar-refractivity contribution in [3.05, 3.63) is 0 Å². The molecule has 1 spiro atoms. The number of nitrogens with zero attached hydrogens (tertiary/aromatic N) is 2. The minimum absolute atomic E-state index is 0.546. The van der Waals surface area contributed by atoms with Gasteiger partial charge in [-0.2, -0.15) is 0 Å². The van der Waals surface area contributed by atoms with Crippen molar-refractivity contribution in [1.82, 2.24) is 9.80 Å². The molecule has 0 N–H and O–H groups in total. The zero-order valence-electron chi connectivity index (χ0n) is 15.7. The van der Waals surface area contributed by atoms with Gasteiger partial charge in [-0.05, 0) is 103 Å². The van der Waals surface area contributed by atoms with Crippen LogP contribution in [-0.4, -0.2) is 61.8 Å². The minimum Gasteiger partial charge on any atom is -0.381 e. The lowest BCUT2D eigenvalue weighted by atomic mass is 9.67. The van der Waals surface area contributed by atoms with Crippen LogP contribution in [0.25, 0.3) is 0 Å². The van der Waals surface area contributed by atoms with Crippen molar-refractivity contribution in [3.8, 4) is 0 Å². The van der Waals surface area contributed by atoms with Gasteiger partial charge < -0.3 is 14.5 Å². The van der Waals surface area contributed by atoms with E-state index in [1.165, 1.54) is 84.1 Å². The van der Waals surface area contributed by atoms with Crippen LogP contribution < -0.4 is 0 Å². The molecule has 3 aliphatic rings. The lowest BCUT2D eigenvalue weighted by molar-refractivity contribution is -0.00697. The summed E-state index contributed by atoms with van der Waals surface area (Å²) in [6, 6.07) is 0.730. The molecule has 0 amide bonds. The minimum atomic E-state index is 0.546. The van der Waals surface area contributed by atoms with Crippen molar-refractivity contribution >= 4 is 0 Å². The Hall–Kier alpha value is -0.120. The maximum absolute atomic E-state index is 5.56. The standard InChI is InChI=1S/C20H38N2O/c1-17(2)22-12-6-18(7-13-22)16-21-14-10-20(11-15-21)8-4-19(23-3)5-9-20/h17-19H,4-16H2,1-3H3. The molecule has 3 heteroatoms. The van der Waals surface area contributed by atoms with Crippen molar-refractivity contribution in [3.63, 3.8) is 0 Å². The maximum Gasteiger partial charge on any atom is 0.0571 e. The topological polar surface area (TPSA) is 15.7 Å². The molecule has 23 heavy (non-hydrogen) atoms. The van der Waals surface area contributed by atoms with Gasteiger partial charge in [0.2, 0.25) is 0 Å². The summed E-state index contributed by atoms with van der Waals surface area (Å²) in [6.45, 7) is 11.4. The first-order chi connectivity index (χ1) is 11.1. The van der Waals surface area contributed by atoms with Crippen molar-refractivity contribution < 1.29 is 4.74 Å². The molecular formula is C20H38N2O. The van der Waals surface area contributed by atoms with E-state index < -0.39 is 0 Å². The molecule has 1 saturated carbocycles. The normalized spacial score (nSPS) is 28.7. The van der Waals surface area contributed by atoms with Crippen molar-refractivity contribution in [1.29, 1.82) is 0 Å². The Labute approximate surface area is 143 Å². The fourth-order valence-corrected chi connectivity index (χ4v) is 5.17. The monoisotopic (exact) mass is 322 g/mol. The van der Waals surface area contributed by atoms with E-state index in [0.29, 0.717) is 11.5 Å². The van der Waals surface area contributed by atoms with E-state index >= 15 is 0 Å². The highest BCUT2D eigenvalue weighted by molar-refractivity contribution is 4.91. The molecule has 0 radical (unpaired) electrons. The van der Waals surface area contributed by atoms with Gasteiger partial charge >= 0.3 is 0 Å². The summed E-state index contributed by atoms with van der Waals surface area (Å²) in [6.07, 6.45) is 11.7. The van der Waals surface area contributed by atoms with Crippen LogP contribution in [0.2, 0.25) is 0 Å². The van der Waals surface area contributed by atoms with Crippen LogP contribution in [0.3, 0.4) is 0 Å². The van der Waals surface area contributed by atoms with Gasteiger partial charge in [-0.1, -0.05) is 0 Å². The average Bonchev–Trinajstić information content (AvgIpc) is 2.58. The molecule has 0 bridgehead atoms. The summed E-state index contributed by atoms with van der Waals surface area (Å²) in [7, 11) is 1.88. The number of ether oxygens (including phenoxy) is 1. The predicted molar refractivity (Wildman–Crippen MR) is 96.8 cm³/mol. The molecule has 2 aliphatic heterocycles. The Bertz CT molecular complexity index is 345. The molecule has 2 heterocycles. The molecular weight excluding hydrogens is 284 g/mol. The van der Waals surface area contributed by atoms with Gasteiger partial charge in [-0.25, -0.2) is 0 Å². The summed E-state index contributed by atoms with van der Waals surface area (Å²) in [5.41, 5.74) is 0.673. The number of rotatable bonds is 4. The largest absolute Gasteiger partial charge is 0.381 e. The molecule has 0 aromatic rings. The van der Waals surface area contributed by atoms with Gasteiger partial charge in [-0.3, -0.25) is 0 Å². The highest BCUT2D eigenvalue weighted by Crippen LogP contribution is 2.45. The molecule has 3 nitrogen and oxygen atoms in total. The van der Waals surface area contributed by atoms with Crippen molar-refractivity contribution in [2.24, 2.45) is 11.3 Å². The molecule has 0 aromatic carbocycles. The summed E-state index contributed by atoms with van der Waals surface area (Å²) >= 11 is 0. The molecule has 0 atom stereocenters. The van der Waals surface area contributed by atoms with Gasteiger partial charge in [0.05, 0.1) is 6.10 Å². The van der Waals surface area contributed by atoms with Gasteiger partial charge in [0.15, 0.2) is 0 Å². The summed E-state index contributed by atoms with van der Waals surface area (Å²) in [5, 5.41) is 0. The summed E-state index contributed by atoms with van der Waals surface area (Å²) < 4.78 is 5.56. The predicted octanol–water partition coefficient (Wildman–Crippen LogP) is 3.78. The van der Waals surface area contributed by atoms with Crippen LogP contribution in [0.5, 0.6) is 0 Å². The van der Waals surface area contributed by atoms with Gasteiger partial charge in [0.25, 0.3) is 0 Å². The van der Waals surface area contributed by atoms with Gasteiger partial charge in [0.1, 0.15) is 0 Å². The number of hydrogen-bond acceptors (Lipinski definition) is 3. The van der Waals surface area contributed by atoms with E-state index in [1.807, 2.05) is 7.11 Å². The van der Waals surface area contributed by atoms with E-state index in [1.54, 1.807) is 0 Å². The zero-order chi connectivity index (χ0) is 16.3. The Morgan fingerprint density at radius 2 is 1.52 bits per heavy atom. The van der Waals surface area contributed by atoms with E-state index in [4.69, 9.17) is 4.74 Å². The highest BCUT2D eigenvalue weighted by atomic mass is 16.5. The SMILES string of the molecule is COC1CCC2(CC1)CCN(CC1CCN(C(C)C)CC1)CC2. The van der Waals surface area contributed by atoms with Crippen LogP contribution in [-0.2, 0) is 4.74 Å². The Balaban J connectivity index is 1.38. The molecule has 3 fully saturated rings. The lowest BCUT2D eigenvalue weighted by Gasteiger charge is -2.46. The second-order valence-corrected chi connectivity index (χ2v) is 8.81. The first-order valence-electron chi connectivity index (χ1n) is 10.1. The van der Waals surface area contributed by atoms with Gasteiger partial charge in [-0.15, -0.1) is 0 Å². The molecule has 2 saturated heterocycles. The average molecular weight is 323 g/mol. The van der Waals surface area contributed by atoms with Crippen LogP contribution in [0, 0.1) is 11.3 Å². The number of methoxy groups -OCH3 is 1. The second kappa shape index (κ2) is 7.84. The van der Waals surface area contributed by atoms with E-state index in [9.17, 15) is 0 Å². The third-order valence-corrected chi connectivity index (χ3v) is 7.14. The molecule has 1 aliphatic carbocycles. The van der Waals surface area contributed by atoms with Crippen molar-refractivity contribution in [2.75, 3.05) is 39.8 Å². The lowest BCUT2D eigenvalue weighted by Crippen LogP contribution is -2.46. The smallest absolute Gasteiger partial charge is 0.0571 e. The van der Waals surface area contributed by atoms with Gasteiger partial charge in [0, 0.05) is 19.7 Å². The Kier molecular flexibility index (Phi) is 6.03. The number of piperidine rings is 2. The summed E-state index contributed by atoms with van der Waals surface area (Å²) in [5.74, 6) is 0.947. The van der Waals surface area contributed by atoms with Crippen molar-refractivity contribution in [2.45, 2.75) is 77.4 Å². The number of hydrogen-bond donors (Lipinski definition) is 0. The second-order valence-electron chi connectivity index (χ2n) is 8.81. The first kappa shape index (κ1) is 17.7. The number of likely N-dealkylation sites (tertiary alicyclic amines) is 2. The molecule has 0 aromatic heterocycles. The Morgan fingerprint density at radius 1 is 0.913 bits per heavy atom. The molecule has 134 valence electrons. The van der Waals surface area contributed by atoms with Crippen LogP contribution in [0.4, 0.5) is 0 Å². The fourth-order valence-electron chi connectivity index (χ4n) is 5.17. The third-order valence-electron chi connectivity index (χ3n) is 7.14. The van der Waals surface area contributed by atoms with E-state index in [0.717, 1.165) is 12.0 Å².